The lowest BCUT2D eigenvalue weighted by molar-refractivity contribution is -0.924. The molecule has 128 valence electrons. The maximum absolute atomic E-state index is 12.0. The molecule has 1 aromatic heterocycles. The standard InChI is InChI=1S/C20H25NO3/c1-23-17-6-7-18-16(10-20(22)24-19(18)11-17)13-21-9-8-14-4-2-3-5-15(14)12-21/h6-7,10-11,14-15H,2-5,8-9,12-13H2,1H3/p+1/t14-,15-/m1/s1. The summed E-state index contributed by atoms with van der Waals surface area (Å²) in [5, 5.41) is 1.04. The van der Waals surface area contributed by atoms with Crippen molar-refractivity contribution >= 4 is 11.0 Å². The number of fused-ring (bicyclic) bond motifs is 2. The minimum absolute atomic E-state index is 0.266. The van der Waals surface area contributed by atoms with E-state index < -0.39 is 0 Å². The molecule has 1 unspecified atom stereocenters. The van der Waals surface area contributed by atoms with Gasteiger partial charge in [-0.25, -0.2) is 4.79 Å². The number of hydrogen-bond donors (Lipinski definition) is 1. The van der Waals surface area contributed by atoms with Crippen LogP contribution < -0.4 is 15.3 Å². The molecule has 4 nitrogen and oxygen atoms in total. The molecule has 4 rings (SSSR count). The molecule has 3 atom stereocenters. The minimum atomic E-state index is -0.266. The zero-order chi connectivity index (χ0) is 16.5. The van der Waals surface area contributed by atoms with Crippen molar-refractivity contribution < 1.29 is 14.1 Å². The maximum atomic E-state index is 12.0. The van der Waals surface area contributed by atoms with Gasteiger partial charge in [-0.2, -0.15) is 0 Å². The Balaban J connectivity index is 1.59. The lowest BCUT2D eigenvalue weighted by Crippen LogP contribution is -3.12. The number of quaternary nitrogens is 1. The van der Waals surface area contributed by atoms with E-state index in [0.29, 0.717) is 5.58 Å². The average molecular weight is 328 g/mol. The van der Waals surface area contributed by atoms with Crippen molar-refractivity contribution in [3.05, 3.63) is 40.2 Å². The molecule has 0 radical (unpaired) electrons. The Bertz CT molecular complexity index is 782. The van der Waals surface area contributed by atoms with Crippen LogP contribution in [0.25, 0.3) is 11.0 Å². The fourth-order valence-electron chi connectivity index (χ4n) is 4.71. The van der Waals surface area contributed by atoms with Crippen LogP contribution in [0.15, 0.2) is 33.5 Å². The van der Waals surface area contributed by atoms with Crippen molar-refractivity contribution in [2.24, 2.45) is 11.8 Å². The highest BCUT2D eigenvalue weighted by Crippen LogP contribution is 2.32. The highest BCUT2D eigenvalue weighted by molar-refractivity contribution is 5.81. The monoisotopic (exact) mass is 328 g/mol. The van der Waals surface area contributed by atoms with Gasteiger partial charge in [-0.3, -0.25) is 0 Å². The van der Waals surface area contributed by atoms with E-state index in [-0.39, 0.29) is 5.63 Å². The van der Waals surface area contributed by atoms with E-state index in [4.69, 9.17) is 9.15 Å². The normalized spacial score (nSPS) is 27.0. The summed E-state index contributed by atoms with van der Waals surface area (Å²) in [6.07, 6.45) is 6.97. The first-order valence-electron chi connectivity index (χ1n) is 9.17. The van der Waals surface area contributed by atoms with Crippen molar-refractivity contribution in [3.8, 4) is 5.75 Å². The molecule has 0 bridgehead atoms. The summed E-state index contributed by atoms with van der Waals surface area (Å²) in [4.78, 5) is 13.6. The summed E-state index contributed by atoms with van der Waals surface area (Å²) in [5.41, 5.74) is 1.47. The van der Waals surface area contributed by atoms with Gasteiger partial charge in [-0.15, -0.1) is 0 Å². The van der Waals surface area contributed by atoms with Crippen LogP contribution in [0.4, 0.5) is 0 Å². The van der Waals surface area contributed by atoms with Crippen molar-refractivity contribution in [3.63, 3.8) is 0 Å². The quantitative estimate of drug-likeness (QED) is 0.880. The van der Waals surface area contributed by atoms with Crippen molar-refractivity contribution in [2.75, 3.05) is 20.2 Å². The van der Waals surface area contributed by atoms with Gasteiger partial charge in [0.25, 0.3) is 0 Å². The van der Waals surface area contributed by atoms with Crippen molar-refractivity contribution in [2.45, 2.75) is 38.6 Å². The molecule has 0 spiro atoms. The molecule has 2 aromatic rings. The summed E-state index contributed by atoms with van der Waals surface area (Å²) in [6, 6.07) is 7.44. The third kappa shape index (κ3) is 3.07. The Morgan fingerprint density at radius 3 is 2.83 bits per heavy atom. The van der Waals surface area contributed by atoms with E-state index in [2.05, 4.69) is 0 Å². The van der Waals surface area contributed by atoms with Crippen molar-refractivity contribution in [1.29, 1.82) is 0 Å². The zero-order valence-corrected chi connectivity index (χ0v) is 14.3. The van der Waals surface area contributed by atoms with Gasteiger partial charge in [0.2, 0.25) is 0 Å². The van der Waals surface area contributed by atoms with E-state index in [0.717, 1.165) is 35.1 Å². The predicted octanol–water partition coefficient (Wildman–Crippen LogP) is 2.40. The van der Waals surface area contributed by atoms with Gasteiger partial charge >= 0.3 is 5.63 Å². The number of ether oxygens (including phenoxy) is 1. The predicted molar refractivity (Wildman–Crippen MR) is 93.5 cm³/mol. The molecule has 2 aliphatic rings. The number of methoxy groups -OCH3 is 1. The van der Waals surface area contributed by atoms with Crippen molar-refractivity contribution in [1.82, 2.24) is 0 Å². The number of rotatable bonds is 3. The Morgan fingerprint density at radius 1 is 1.17 bits per heavy atom. The third-order valence-corrected chi connectivity index (χ3v) is 5.96. The minimum Gasteiger partial charge on any atom is -0.497 e. The lowest BCUT2D eigenvalue weighted by atomic mass is 9.75. The largest absolute Gasteiger partial charge is 0.497 e. The number of benzene rings is 1. The first-order valence-corrected chi connectivity index (χ1v) is 9.17. The second-order valence-corrected chi connectivity index (χ2v) is 7.43. The van der Waals surface area contributed by atoms with E-state index in [1.165, 1.54) is 45.2 Å². The Morgan fingerprint density at radius 2 is 2.00 bits per heavy atom. The third-order valence-electron chi connectivity index (χ3n) is 5.96. The van der Waals surface area contributed by atoms with Crippen LogP contribution in [0.5, 0.6) is 5.75 Å². The van der Waals surface area contributed by atoms with Crippen LogP contribution in [0.3, 0.4) is 0 Å². The fraction of sp³-hybridized carbons (Fsp3) is 0.550. The average Bonchev–Trinajstić information content (AvgIpc) is 2.61. The Labute approximate surface area is 142 Å². The van der Waals surface area contributed by atoms with Gasteiger partial charge in [-0.05, 0) is 37.3 Å². The van der Waals surface area contributed by atoms with Crippen LogP contribution in [0.1, 0.15) is 37.7 Å². The van der Waals surface area contributed by atoms with E-state index >= 15 is 0 Å². The number of piperidine rings is 1. The Hall–Kier alpha value is -1.81. The molecule has 1 saturated heterocycles. The van der Waals surface area contributed by atoms with Crippen LogP contribution in [0, 0.1) is 11.8 Å². The highest BCUT2D eigenvalue weighted by atomic mass is 16.5. The topological polar surface area (TPSA) is 43.9 Å². The first-order chi connectivity index (χ1) is 11.7. The van der Waals surface area contributed by atoms with Crippen LogP contribution in [-0.2, 0) is 6.54 Å². The summed E-state index contributed by atoms with van der Waals surface area (Å²) >= 11 is 0. The molecule has 1 aliphatic carbocycles. The van der Waals surface area contributed by atoms with Gasteiger partial charge in [0.15, 0.2) is 0 Å². The molecule has 1 saturated carbocycles. The molecular weight excluding hydrogens is 302 g/mol. The molecule has 2 fully saturated rings. The highest BCUT2D eigenvalue weighted by Gasteiger charge is 2.33. The molecule has 1 aliphatic heterocycles. The summed E-state index contributed by atoms with van der Waals surface area (Å²) in [5.74, 6) is 2.55. The number of hydrogen-bond acceptors (Lipinski definition) is 3. The fourth-order valence-corrected chi connectivity index (χ4v) is 4.71. The van der Waals surface area contributed by atoms with Gasteiger partial charge in [0.1, 0.15) is 17.9 Å². The molecular formula is C20H26NO3+. The SMILES string of the molecule is COc1ccc2c(C[NH+]3CC[C@H]4CCCC[C@@H]4C3)cc(=O)oc2c1. The van der Waals surface area contributed by atoms with Crippen LogP contribution in [-0.4, -0.2) is 20.2 Å². The molecule has 0 amide bonds. The van der Waals surface area contributed by atoms with Crippen LogP contribution >= 0.6 is 0 Å². The number of nitrogens with one attached hydrogen (secondary N) is 1. The molecule has 24 heavy (non-hydrogen) atoms. The lowest BCUT2D eigenvalue weighted by Gasteiger charge is -2.39. The van der Waals surface area contributed by atoms with E-state index in [1.807, 2.05) is 18.2 Å². The van der Waals surface area contributed by atoms with Gasteiger partial charge in [0, 0.05) is 29.0 Å². The maximum Gasteiger partial charge on any atom is 0.336 e. The smallest absolute Gasteiger partial charge is 0.336 e. The second kappa shape index (κ2) is 6.60. The van der Waals surface area contributed by atoms with Gasteiger partial charge < -0.3 is 14.1 Å². The molecule has 1 aromatic carbocycles. The summed E-state index contributed by atoms with van der Waals surface area (Å²) in [7, 11) is 1.63. The summed E-state index contributed by atoms with van der Waals surface area (Å²) in [6.45, 7) is 3.39. The zero-order valence-electron chi connectivity index (χ0n) is 14.3. The van der Waals surface area contributed by atoms with Gasteiger partial charge in [0.05, 0.1) is 20.2 Å². The molecule has 1 N–H and O–H groups in total. The second-order valence-electron chi connectivity index (χ2n) is 7.43. The summed E-state index contributed by atoms with van der Waals surface area (Å²) < 4.78 is 10.6. The molecule has 4 heteroatoms. The van der Waals surface area contributed by atoms with E-state index in [9.17, 15) is 4.79 Å². The van der Waals surface area contributed by atoms with E-state index in [1.54, 1.807) is 18.1 Å². The Kier molecular flexibility index (Phi) is 4.31. The first kappa shape index (κ1) is 15.7. The van der Waals surface area contributed by atoms with Crippen LogP contribution in [0.2, 0.25) is 0 Å². The molecule has 2 heterocycles. The van der Waals surface area contributed by atoms with Gasteiger partial charge in [-0.1, -0.05) is 12.8 Å². The number of likely N-dealkylation sites (tertiary alicyclic amines) is 1.